The Bertz CT molecular complexity index is 1110. The first kappa shape index (κ1) is 18.4. The molecule has 0 aliphatic carbocycles. The van der Waals surface area contributed by atoms with Crippen molar-refractivity contribution in [2.24, 2.45) is 0 Å². The predicted octanol–water partition coefficient (Wildman–Crippen LogP) is 4.73. The van der Waals surface area contributed by atoms with Crippen molar-refractivity contribution in [2.45, 2.75) is 6.92 Å². The van der Waals surface area contributed by atoms with Crippen LogP contribution in [0, 0.1) is 6.92 Å². The van der Waals surface area contributed by atoms with Gasteiger partial charge in [0.1, 0.15) is 5.75 Å². The van der Waals surface area contributed by atoms with Crippen molar-refractivity contribution in [3.8, 4) is 28.6 Å². The number of ether oxygens (including phenoxy) is 1. The minimum atomic E-state index is -0.218. The van der Waals surface area contributed by atoms with Crippen LogP contribution in [0.25, 0.3) is 22.8 Å². The summed E-state index contributed by atoms with van der Waals surface area (Å²) < 4.78 is 10.9. The molecule has 4 rings (SSSR count). The Labute approximate surface area is 168 Å². The van der Waals surface area contributed by atoms with Gasteiger partial charge in [-0.3, -0.25) is 4.79 Å². The normalized spacial score (nSPS) is 10.5. The van der Waals surface area contributed by atoms with Gasteiger partial charge in [0.2, 0.25) is 5.82 Å². The molecule has 29 heavy (non-hydrogen) atoms. The highest BCUT2D eigenvalue weighted by molar-refractivity contribution is 5.91. The van der Waals surface area contributed by atoms with Crippen molar-refractivity contribution < 1.29 is 14.1 Å². The smallest absolute Gasteiger partial charge is 0.262 e. The van der Waals surface area contributed by atoms with Crippen molar-refractivity contribution in [3.63, 3.8) is 0 Å². The number of aromatic nitrogens is 2. The van der Waals surface area contributed by atoms with Crippen molar-refractivity contribution in [1.29, 1.82) is 0 Å². The Balaban J connectivity index is 1.36. The number of hydrogen-bond acceptors (Lipinski definition) is 5. The van der Waals surface area contributed by atoms with Crippen LogP contribution in [-0.4, -0.2) is 22.7 Å². The van der Waals surface area contributed by atoms with Crippen LogP contribution in [0.4, 0.5) is 5.69 Å². The van der Waals surface area contributed by atoms with E-state index in [1.54, 1.807) is 12.1 Å². The number of anilines is 1. The summed E-state index contributed by atoms with van der Waals surface area (Å²) in [7, 11) is 0. The summed E-state index contributed by atoms with van der Waals surface area (Å²) in [4.78, 5) is 16.5. The van der Waals surface area contributed by atoms with Crippen LogP contribution in [0.5, 0.6) is 5.75 Å². The number of hydrogen-bond donors (Lipinski definition) is 1. The molecule has 0 aliphatic rings. The lowest BCUT2D eigenvalue weighted by atomic mass is 10.2. The third-order valence-electron chi connectivity index (χ3n) is 4.23. The fourth-order valence-electron chi connectivity index (χ4n) is 2.81. The van der Waals surface area contributed by atoms with Crippen molar-refractivity contribution in [2.75, 3.05) is 11.9 Å². The number of rotatable bonds is 6. The van der Waals surface area contributed by atoms with Crippen LogP contribution in [0.3, 0.4) is 0 Å². The second-order valence-electron chi connectivity index (χ2n) is 6.52. The minimum absolute atomic E-state index is 0.0774. The molecule has 0 aliphatic heterocycles. The van der Waals surface area contributed by atoms with Crippen molar-refractivity contribution in [1.82, 2.24) is 10.1 Å². The molecule has 0 spiro atoms. The first-order chi connectivity index (χ1) is 14.2. The Kier molecular flexibility index (Phi) is 5.33. The summed E-state index contributed by atoms with van der Waals surface area (Å²) in [6.45, 7) is 1.89. The largest absolute Gasteiger partial charge is 0.484 e. The Morgan fingerprint density at radius 2 is 1.76 bits per heavy atom. The Hall–Kier alpha value is -3.93. The number of benzene rings is 3. The lowest BCUT2D eigenvalue weighted by Crippen LogP contribution is -2.20. The van der Waals surface area contributed by atoms with Gasteiger partial charge in [0.25, 0.3) is 11.8 Å². The van der Waals surface area contributed by atoms with Gasteiger partial charge in [0, 0.05) is 16.8 Å². The maximum absolute atomic E-state index is 12.1. The zero-order valence-corrected chi connectivity index (χ0v) is 15.8. The Morgan fingerprint density at radius 3 is 2.52 bits per heavy atom. The van der Waals surface area contributed by atoms with E-state index in [1.807, 2.05) is 73.7 Å². The fourth-order valence-corrected chi connectivity index (χ4v) is 2.81. The van der Waals surface area contributed by atoms with E-state index >= 15 is 0 Å². The van der Waals surface area contributed by atoms with E-state index in [0.29, 0.717) is 17.5 Å². The number of nitrogens with one attached hydrogen (secondary N) is 1. The Morgan fingerprint density at radius 1 is 0.966 bits per heavy atom. The quantitative estimate of drug-likeness (QED) is 0.519. The summed E-state index contributed by atoms with van der Waals surface area (Å²) in [5.74, 6) is 1.32. The van der Waals surface area contributed by atoms with Crippen LogP contribution < -0.4 is 10.1 Å². The summed E-state index contributed by atoms with van der Waals surface area (Å²) in [5.41, 5.74) is 3.49. The van der Waals surface area contributed by atoms with Gasteiger partial charge >= 0.3 is 0 Å². The first-order valence-corrected chi connectivity index (χ1v) is 9.16. The lowest BCUT2D eigenvalue weighted by Gasteiger charge is -2.08. The second-order valence-corrected chi connectivity index (χ2v) is 6.52. The predicted molar refractivity (Wildman–Crippen MR) is 110 cm³/mol. The monoisotopic (exact) mass is 385 g/mol. The SMILES string of the molecule is Cc1cccc(NC(=O)COc2ccc(-c3nc(-c4ccccc4)no3)cc2)c1. The highest BCUT2D eigenvalue weighted by atomic mass is 16.5. The summed E-state index contributed by atoms with van der Waals surface area (Å²) in [6, 6.07) is 24.4. The molecule has 144 valence electrons. The van der Waals surface area contributed by atoms with Gasteiger partial charge in [0.15, 0.2) is 6.61 Å². The van der Waals surface area contributed by atoms with Crippen LogP contribution in [-0.2, 0) is 4.79 Å². The summed E-state index contributed by atoms with van der Waals surface area (Å²) >= 11 is 0. The number of nitrogens with zero attached hydrogens (tertiary/aromatic N) is 2. The van der Waals surface area contributed by atoms with Crippen LogP contribution >= 0.6 is 0 Å². The molecule has 0 atom stereocenters. The molecule has 0 bridgehead atoms. The number of aryl methyl sites for hydroxylation is 1. The van der Waals surface area contributed by atoms with Crippen LogP contribution in [0.2, 0.25) is 0 Å². The lowest BCUT2D eigenvalue weighted by molar-refractivity contribution is -0.118. The second kappa shape index (κ2) is 8.39. The van der Waals surface area contributed by atoms with E-state index in [-0.39, 0.29) is 12.5 Å². The van der Waals surface area contributed by atoms with E-state index in [1.165, 1.54) is 0 Å². The van der Waals surface area contributed by atoms with Gasteiger partial charge in [-0.2, -0.15) is 4.98 Å². The zero-order valence-electron chi connectivity index (χ0n) is 15.8. The molecule has 0 radical (unpaired) electrons. The minimum Gasteiger partial charge on any atom is -0.484 e. The molecular weight excluding hydrogens is 366 g/mol. The average molecular weight is 385 g/mol. The zero-order chi connectivity index (χ0) is 20.1. The molecule has 0 saturated heterocycles. The fraction of sp³-hybridized carbons (Fsp3) is 0.0870. The van der Waals surface area contributed by atoms with Crippen LogP contribution in [0.15, 0.2) is 83.4 Å². The number of carbonyl (C=O) groups is 1. The molecular formula is C23H19N3O3. The van der Waals surface area contributed by atoms with E-state index in [0.717, 1.165) is 22.4 Å². The molecule has 0 fully saturated rings. The topological polar surface area (TPSA) is 77.2 Å². The van der Waals surface area contributed by atoms with E-state index in [9.17, 15) is 4.79 Å². The van der Waals surface area contributed by atoms with Gasteiger partial charge in [-0.25, -0.2) is 0 Å². The first-order valence-electron chi connectivity index (χ1n) is 9.16. The van der Waals surface area contributed by atoms with Crippen molar-refractivity contribution in [3.05, 3.63) is 84.4 Å². The van der Waals surface area contributed by atoms with Gasteiger partial charge in [0.05, 0.1) is 0 Å². The highest BCUT2D eigenvalue weighted by Crippen LogP contribution is 2.24. The summed E-state index contributed by atoms with van der Waals surface area (Å²) in [5, 5.41) is 6.83. The molecule has 4 aromatic rings. The highest BCUT2D eigenvalue weighted by Gasteiger charge is 2.11. The molecule has 1 heterocycles. The summed E-state index contributed by atoms with van der Waals surface area (Å²) in [6.07, 6.45) is 0. The molecule has 0 saturated carbocycles. The third kappa shape index (κ3) is 4.68. The van der Waals surface area contributed by atoms with E-state index < -0.39 is 0 Å². The maximum Gasteiger partial charge on any atom is 0.262 e. The van der Waals surface area contributed by atoms with Gasteiger partial charge in [-0.05, 0) is 48.9 Å². The standard InChI is InChI=1S/C23H19N3O3/c1-16-6-5-9-19(14-16)24-21(27)15-28-20-12-10-18(11-13-20)23-25-22(26-29-23)17-7-3-2-4-8-17/h2-14H,15H2,1H3,(H,24,27). The number of carbonyl (C=O) groups excluding carboxylic acids is 1. The number of amides is 1. The average Bonchev–Trinajstić information content (AvgIpc) is 3.24. The molecule has 1 aromatic heterocycles. The van der Waals surface area contributed by atoms with Gasteiger partial charge < -0.3 is 14.6 Å². The molecule has 1 amide bonds. The third-order valence-corrected chi connectivity index (χ3v) is 4.23. The van der Waals surface area contributed by atoms with Gasteiger partial charge in [-0.15, -0.1) is 0 Å². The maximum atomic E-state index is 12.1. The molecule has 0 unspecified atom stereocenters. The van der Waals surface area contributed by atoms with Crippen LogP contribution in [0.1, 0.15) is 5.56 Å². The molecule has 6 nitrogen and oxygen atoms in total. The molecule has 1 N–H and O–H groups in total. The van der Waals surface area contributed by atoms with E-state index in [2.05, 4.69) is 15.5 Å². The van der Waals surface area contributed by atoms with Crippen molar-refractivity contribution >= 4 is 11.6 Å². The molecule has 3 aromatic carbocycles. The van der Waals surface area contributed by atoms with E-state index in [4.69, 9.17) is 9.26 Å². The molecule has 6 heteroatoms. The van der Waals surface area contributed by atoms with Gasteiger partial charge in [-0.1, -0.05) is 47.6 Å².